The third-order valence-corrected chi connectivity index (χ3v) is 3.42. The van der Waals surface area contributed by atoms with Crippen molar-refractivity contribution in [2.24, 2.45) is 5.92 Å². The molecule has 0 spiro atoms. The van der Waals surface area contributed by atoms with E-state index in [1.165, 1.54) is 12.8 Å². The van der Waals surface area contributed by atoms with Gasteiger partial charge in [0.25, 0.3) is 5.91 Å². The first kappa shape index (κ1) is 14.8. The fourth-order valence-corrected chi connectivity index (χ4v) is 2.51. The topological polar surface area (TPSA) is 55.1 Å². The number of rotatable bonds is 2. The molecule has 1 saturated carbocycles. The average Bonchev–Trinajstić information content (AvgIpc) is 2.29. The second-order valence-electron chi connectivity index (χ2n) is 5.07. The molecule has 2 unspecified atom stereocenters. The van der Waals surface area contributed by atoms with E-state index in [1.807, 2.05) is 6.07 Å². The molecule has 0 aliphatic heterocycles. The fourth-order valence-electron chi connectivity index (χ4n) is 2.51. The van der Waals surface area contributed by atoms with E-state index in [0.29, 0.717) is 17.3 Å². The van der Waals surface area contributed by atoms with Crippen molar-refractivity contribution in [1.29, 1.82) is 0 Å². The van der Waals surface area contributed by atoms with E-state index >= 15 is 0 Å². The number of amides is 1. The largest absolute Gasteiger partial charge is 0.399 e. The van der Waals surface area contributed by atoms with E-state index in [4.69, 9.17) is 5.73 Å². The zero-order valence-corrected chi connectivity index (χ0v) is 11.5. The molecule has 0 heterocycles. The van der Waals surface area contributed by atoms with Crippen molar-refractivity contribution in [3.8, 4) is 0 Å². The van der Waals surface area contributed by atoms with Crippen LogP contribution in [0.5, 0.6) is 0 Å². The van der Waals surface area contributed by atoms with Gasteiger partial charge in [-0.1, -0.05) is 25.8 Å². The monoisotopic (exact) mass is 268 g/mol. The van der Waals surface area contributed by atoms with Crippen LogP contribution >= 0.6 is 12.4 Å². The third-order valence-electron chi connectivity index (χ3n) is 3.42. The van der Waals surface area contributed by atoms with E-state index in [1.54, 1.807) is 18.2 Å². The van der Waals surface area contributed by atoms with E-state index < -0.39 is 0 Å². The SMILES string of the molecule is CC1CCCC(NC(=O)c2cccc(N)c2)C1.Cl. The number of hydrogen-bond acceptors (Lipinski definition) is 2. The standard InChI is InChI=1S/C14H20N2O.ClH/c1-10-4-2-7-13(8-10)16-14(17)11-5-3-6-12(15)9-11;/h3,5-6,9-10,13H,2,4,7-8,15H2,1H3,(H,16,17);1H. The van der Waals surface area contributed by atoms with E-state index in [2.05, 4.69) is 12.2 Å². The summed E-state index contributed by atoms with van der Waals surface area (Å²) in [6, 6.07) is 7.46. The minimum atomic E-state index is -0.00333. The van der Waals surface area contributed by atoms with Crippen LogP contribution in [0.2, 0.25) is 0 Å². The summed E-state index contributed by atoms with van der Waals surface area (Å²) >= 11 is 0. The molecule has 1 aliphatic carbocycles. The van der Waals surface area contributed by atoms with E-state index in [-0.39, 0.29) is 18.3 Å². The van der Waals surface area contributed by atoms with Gasteiger partial charge in [-0.15, -0.1) is 12.4 Å². The van der Waals surface area contributed by atoms with Gasteiger partial charge in [-0.05, 0) is 37.0 Å². The van der Waals surface area contributed by atoms with Crippen LogP contribution in [0.1, 0.15) is 43.0 Å². The molecule has 0 saturated heterocycles. The second kappa shape index (κ2) is 6.64. The molecule has 3 N–H and O–H groups in total. The quantitative estimate of drug-likeness (QED) is 0.810. The highest BCUT2D eigenvalue weighted by Crippen LogP contribution is 2.23. The number of carbonyl (C=O) groups is 1. The maximum absolute atomic E-state index is 12.0. The fraction of sp³-hybridized carbons (Fsp3) is 0.500. The summed E-state index contributed by atoms with van der Waals surface area (Å²) in [6.45, 7) is 2.25. The molecule has 2 atom stereocenters. The molecule has 0 radical (unpaired) electrons. The lowest BCUT2D eigenvalue weighted by Crippen LogP contribution is -2.37. The molecule has 100 valence electrons. The van der Waals surface area contributed by atoms with Crippen LogP contribution in [0.3, 0.4) is 0 Å². The Morgan fingerprint density at radius 1 is 1.39 bits per heavy atom. The Hall–Kier alpha value is -1.22. The lowest BCUT2D eigenvalue weighted by Gasteiger charge is -2.27. The molecular weight excluding hydrogens is 248 g/mol. The number of hydrogen-bond donors (Lipinski definition) is 2. The molecule has 0 aromatic heterocycles. The Balaban J connectivity index is 0.00000162. The highest BCUT2D eigenvalue weighted by Gasteiger charge is 2.20. The Kier molecular flexibility index (Phi) is 5.48. The van der Waals surface area contributed by atoms with E-state index in [9.17, 15) is 4.79 Å². The highest BCUT2D eigenvalue weighted by atomic mass is 35.5. The van der Waals surface area contributed by atoms with Crippen LogP contribution in [0.15, 0.2) is 24.3 Å². The smallest absolute Gasteiger partial charge is 0.251 e. The summed E-state index contributed by atoms with van der Waals surface area (Å²) in [5.74, 6) is 0.714. The lowest BCUT2D eigenvalue weighted by atomic mass is 9.87. The summed E-state index contributed by atoms with van der Waals surface area (Å²) in [6.07, 6.45) is 4.68. The van der Waals surface area contributed by atoms with Crippen LogP contribution in [0, 0.1) is 5.92 Å². The number of benzene rings is 1. The van der Waals surface area contributed by atoms with Crippen LogP contribution in [0.25, 0.3) is 0 Å². The highest BCUT2D eigenvalue weighted by molar-refractivity contribution is 5.95. The summed E-state index contributed by atoms with van der Waals surface area (Å²) < 4.78 is 0. The first-order valence-electron chi connectivity index (χ1n) is 6.31. The van der Waals surface area contributed by atoms with Gasteiger partial charge in [0.15, 0.2) is 0 Å². The van der Waals surface area contributed by atoms with Crippen LogP contribution in [-0.4, -0.2) is 11.9 Å². The molecule has 1 aromatic carbocycles. The number of nitrogens with one attached hydrogen (secondary N) is 1. The summed E-state index contributed by atoms with van der Waals surface area (Å²) in [5.41, 5.74) is 6.96. The number of anilines is 1. The van der Waals surface area contributed by atoms with Crippen molar-refractivity contribution in [3.63, 3.8) is 0 Å². The molecule has 1 aliphatic rings. The van der Waals surface area contributed by atoms with E-state index in [0.717, 1.165) is 18.8 Å². The van der Waals surface area contributed by atoms with Gasteiger partial charge in [0, 0.05) is 17.3 Å². The normalized spacial score (nSPS) is 22.9. The van der Waals surface area contributed by atoms with Crippen molar-refractivity contribution >= 4 is 24.0 Å². The van der Waals surface area contributed by atoms with Gasteiger partial charge in [0.05, 0.1) is 0 Å². The first-order valence-corrected chi connectivity index (χ1v) is 6.31. The number of halogens is 1. The van der Waals surface area contributed by atoms with Crippen molar-refractivity contribution in [2.45, 2.75) is 38.6 Å². The minimum Gasteiger partial charge on any atom is -0.399 e. The molecule has 1 amide bonds. The summed E-state index contributed by atoms with van der Waals surface area (Å²) in [4.78, 5) is 12.0. The van der Waals surface area contributed by atoms with Crippen LogP contribution < -0.4 is 11.1 Å². The Morgan fingerprint density at radius 2 is 2.17 bits per heavy atom. The summed E-state index contributed by atoms with van der Waals surface area (Å²) in [5, 5.41) is 3.10. The number of nitrogens with two attached hydrogens (primary N) is 1. The molecule has 18 heavy (non-hydrogen) atoms. The van der Waals surface area contributed by atoms with Gasteiger partial charge in [-0.25, -0.2) is 0 Å². The van der Waals surface area contributed by atoms with Crippen molar-refractivity contribution < 1.29 is 4.79 Å². The van der Waals surface area contributed by atoms with Gasteiger partial charge in [0.1, 0.15) is 0 Å². The summed E-state index contributed by atoms with van der Waals surface area (Å²) in [7, 11) is 0. The number of carbonyl (C=O) groups excluding carboxylic acids is 1. The van der Waals surface area contributed by atoms with Gasteiger partial charge < -0.3 is 11.1 Å². The Bertz CT molecular complexity index is 409. The third kappa shape index (κ3) is 3.91. The maximum atomic E-state index is 12.0. The molecule has 0 bridgehead atoms. The minimum absolute atomic E-state index is 0. The zero-order valence-electron chi connectivity index (χ0n) is 10.7. The van der Waals surface area contributed by atoms with Gasteiger partial charge >= 0.3 is 0 Å². The molecule has 3 nitrogen and oxygen atoms in total. The predicted molar refractivity (Wildman–Crippen MR) is 77.0 cm³/mol. The van der Waals surface area contributed by atoms with Gasteiger partial charge in [-0.2, -0.15) is 0 Å². The lowest BCUT2D eigenvalue weighted by molar-refractivity contribution is 0.0921. The van der Waals surface area contributed by atoms with Crippen LogP contribution in [0.4, 0.5) is 5.69 Å². The molecule has 1 aromatic rings. The average molecular weight is 269 g/mol. The Morgan fingerprint density at radius 3 is 2.83 bits per heavy atom. The van der Waals surface area contributed by atoms with Crippen molar-refractivity contribution in [2.75, 3.05) is 5.73 Å². The van der Waals surface area contributed by atoms with Crippen LogP contribution in [-0.2, 0) is 0 Å². The van der Waals surface area contributed by atoms with Gasteiger partial charge in [-0.3, -0.25) is 4.79 Å². The number of nitrogen functional groups attached to an aromatic ring is 1. The zero-order chi connectivity index (χ0) is 12.3. The maximum Gasteiger partial charge on any atom is 0.251 e. The van der Waals surface area contributed by atoms with Crippen molar-refractivity contribution in [1.82, 2.24) is 5.32 Å². The first-order chi connectivity index (χ1) is 8.15. The van der Waals surface area contributed by atoms with Gasteiger partial charge in [0.2, 0.25) is 0 Å². The second-order valence-corrected chi connectivity index (χ2v) is 5.07. The molecule has 4 heteroatoms. The molecule has 2 rings (SSSR count). The Labute approximate surface area is 115 Å². The van der Waals surface area contributed by atoms with Crippen molar-refractivity contribution in [3.05, 3.63) is 29.8 Å². The molecule has 1 fully saturated rings. The molecular formula is C14H21ClN2O. The predicted octanol–water partition coefficient (Wildman–Crippen LogP) is 3.00.